The lowest BCUT2D eigenvalue weighted by atomic mass is 10.0. The summed E-state index contributed by atoms with van der Waals surface area (Å²) in [7, 11) is -2.02. The Morgan fingerprint density at radius 3 is 2.36 bits per heavy atom. The van der Waals surface area contributed by atoms with Crippen molar-refractivity contribution in [1.82, 2.24) is 9.55 Å². The van der Waals surface area contributed by atoms with Crippen molar-refractivity contribution in [3.8, 4) is 5.88 Å². The second kappa shape index (κ2) is 10.7. The van der Waals surface area contributed by atoms with E-state index in [2.05, 4.69) is 68.6 Å². The van der Waals surface area contributed by atoms with E-state index in [0.717, 1.165) is 0 Å². The number of rotatable bonds is 9. The van der Waals surface area contributed by atoms with E-state index in [9.17, 15) is 9.59 Å². The third-order valence-corrected chi connectivity index (χ3v) is 11.3. The fraction of sp³-hybridized carbons (Fsp3) is 0.625. The smallest absolute Gasteiger partial charge is 0.343 e. The molecule has 2 heterocycles. The highest BCUT2D eigenvalue weighted by Gasteiger charge is 2.38. The van der Waals surface area contributed by atoms with Gasteiger partial charge in [0.05, 0.1) is 35.7 Å². The van der Waals surface area contributed by atoms with Crippen LogP contribution in [0.25, 0.3) is 11.0 Å². The average Bonchev–Trinajstić information content (AvgIpc) is 2.69. The Hall–Kier alpha value is -1.71. The summed E-state index contributed by atoms with van der Waals surface area (Å²) in [5, 5.41) is 0.385. The maximum absolute atomic E-state index is 13.2. The molecule has 0 aliphatic carbocycles. The van der Waals surface area contributed by atoms with Crippen molar-refractivity contribution in [1.29, 1.82) is 0 Å². The fourth-order valence-corrected chi connectivity index (χ4v) is 4.63. The van der Waals surface area contributed by atoms with Crippen molar-refractivity contribution in [3.05, 3.63) is 32.5 Å². The number of carbonyl (C=O) groups is 1. The SMILES string of the molecule is CCOC(=O)c1cn(C(CO[Si](C)(C)C(C)(C)C)C(C)C)c2nc(OCC)c(Br)cc2c1=O. The molecular weight excluding hydrogens is 504 g/mol. The number of aromatic nitrogens is 2. The third kappa shape index (κ3) is 6.05. The summed E-state index contributed by atoms with van der Waals surface area (Å²) in [6.45, 7) is 19.9. The van der Waals surface area contributed by atoms with Crippen LogP contribution in [0.2, 0.25) is 18.1 Å². The van der Waals surface area contributed by atoms with E-state index in [-0.39, 0.29) is 29.2 Å². The molecule has 0 aliphatic rings. The second-order valence-electron chi connectivity index (χ2n) is 9.96. The Morgan fingerprint density at radius 1 is 1.21 bits per heavy atom. The normalized spacial score (nSPS) is 13.4. The zero-order valence-electron chi connectivity index (χ0n) is 21.2. The van der Waals surface area contributed by atoms with Crippen LogP contribution in [0.5, 0.6) is 5.88 Å². The third-order valence-electron chi connectivity index (χ3n) is 6.25. The predicted molar refractivity (Wildman–Crippen MR) is 138 cm³/mol. The quantitative estimate of drug-likeness (QED) is 0.288. The fourth-order valence-electron chi connectivity index (χ4n) is 3.18. The molecule has 0 saturated heterocycles. The van der Waals surface area contributed by atoms with Crippen LogP contribution in [0, 0.1) is 5.92 Å². The number of halogens is 1. The molecule has 2 aromatic rings. The van der Waals surface area contributed by atoms with Gasteiger partial charge >= 0.3 is 5.97 Å². The minimum absolute atomic E-state index is 0.0137. The van der Waals surface area contributed by atoms with E-state index in [0.29, 0.717) is 34.6 Å². The van der Waals surface area contributed by atoms with E-state index in [1.165, 1.54) is 0 Å². The van der Waals surface area contributed by atoms with Crippen molar-refractivity contribution in [2.75, 3.05) is 19.8 Å². The van der Waals surface area contributed by atoms with Gasteiger partial charge in [-0.3, -0.25) is 4.79 Å². The minimum atomic E-state index is -2.02. The summed E-state index contributed by atoms with van der Waals surface area (Å²) in [6, 6.07) is 1.51. The molecule has 184 valence electrons. The highest BCUT2D eigenvalue weighted by molar-refractivity contribution is 9.10. The Bertz CT molecular complexity index is 1060. The highest BCUT2D eigenvalue weighted by Crippen LogP contribution is 2.38. The first-order chi connectivity index (χ1) is 15.2. The molecule has 9 heteroatoms. The van der Waals surface area contributed by atoms with Gasteiger partial charge in [0.2, 0.25) is 11.3 Å². The van der Waals surface area contributed by atoms with Crippen molar-refractivity contribution in [2.24, 2.45) is 5.92 Å². The van der Waals surface area contributed by atoms with Crippen LogP contribution in [0.15, 0.2) is 21.5 Å². The van der Waals surface area contributed by atoms with E-state index in [1.54, 1.807) is 19.2 Å². The Morgan fingerprint density at radius 2 is 1.85 bits per heavy atom. The summed E-state index contributed by atoms with van der Waals surface area (Å²) >= 11 is 3.44. The number of hydrogen-bond acceptors (Lipinski definition) is 6. The lowest BCUT2D eigenvalue weighted by Gasteiger charge is -2.38. The molecule has 0 saturated carbocycles. The number of fused-ring (bicyclic) bond motifs is 1. The first-order valence-corrected chi connectivity index (χ1v) is 15.1. The number of nitrogens with zero attached hydrogens (tertiary/aromatic N) is 2. The van der Waals surface area contributed by atoms with Gasteiger partial charge in [0, 0.05) is 6.20 Å². The minimum Gasteiger partial charge on any atom is -0.477 e. The molecular formula is C24H37BrN2O5Si. The van der Waals surface area contributed by atoms with Crippen LogP contribution in [-0.2, 0) is 9.16 Å². The van der Waals surface area contributed by atoms with E-state index >= 15 is 0 Å². The summed E-state index contributed by atoms with van der Waals surface area (Å²) in [5.41, 5.74) is 0.0289. The number of esters is 1. The highest BCUT2D eigenvalue weighted by atomic mass is 79.9. The molecule has 1 atom stereocenters. The first kappa shape index (κ1) is 27.5. The first-order valence-electron chi connectivity index (χ1n) is 11.4. The number of pyridine rings is 2. The Kier molecular flexibility index (Phi) is 8.92. The lowest BCUT2D eigenvalue weighted by Crippen LogP contribution is -2.42. The standard InChI is InChI=1S/C24H37BrN2O5Si/c1-10-30-22-18(25)12-16-20(28)17(23(29)31-11-2)13-27(21(16)26-22)19(15(3)4)14-32-33(8,9)24(5,6)7/h12-13,15,19H,10-11,14H2,1-9H3. The maximum atomic E-state index is 13.2. The van der Waals surface area contributed by atoms with Crippen LogP contribution in [0.1, 0.15) is 64.9 Å². The largest absolute Gasteiger partial charge is 0.477 e. The molecule has 0 fully saturated rings. The van der Waals surface area contributed by atoms with Gasteiger partial charge in [0.25, 0.3) is 0 Å². The van der Waals surface area contributed by atoms with Crippen LogP contribution in [0.4, 0.5) is 0 Å². The van der Waals surface area contributed by atoms with Gasteiger partial charge in [-0.15, -0.1) is 0 Å². The van der Waals surface area contributed by atoms with Gasteiger partial charge < -0.3 is 18.5 Å². The zero-order chi connectivity index (χ0) is 25.1. The van der Waals surface area contributed by atoms with Gasteiger partial charge in [0.1, 0.15) is 11.2 Å². The molecule has 0 aliphatic heterocycles. The van der Waals surface area contributed by atoms with Crippen LogP contribution >= 0.6 is 15.9 Å². The van der Waals surface area contributed by atoms with Gasteiger partial charge in [-0.1, -0.05) is 34.6 Å². The number of carbonyl (C=O) groups excluding carboxylic acids is 1. The lowest BCUT2D eigenvalue weighted by molar-refractivity contribution is 0.0523. The predicted octanol–water partition coefficient (Wildman–Crippen LogP) is 5.95. The molecule has 0 N–H and O–H groups in total. The average molecular weight is 542 g/mol. The monoisotopic (exact) mass is 540 g/mol. The zero-order valence-corrected chi connectivity index (χ0v) is 23.8. The van der Waals surface area contributed by atoms with Crippen molar-refractivity contribution >= 4 is 41.3 Å². The Balaban J connectivity index is 2.76. The summed E-state index contributed by atoms with van der Waals surface area (Å²) < 4.78 is 19.8. The molecule has 2 rings (SSSR count). The topological polar surface area (TPSA) is 79.7 Å². The molecule has 0 radical (unpaired) electrons. The van der Waals surface area contributed by atoms with E-state index in [4.69, 9.17) is 13.9 Å². The number of hydrogen-bond donors (Lipinski definition) is 0. The van der Waals surface area contributed by atoms with Gasteiger partial charge in [-0.25, -0.2) is 4.79 Å². The number of ether oxygens (including phenoxy) is 2. The van der Waals surface area contributed by atoms with Crippen LogP contribution in [0.3, 0.4) is 0 Å². The summed E-state index contributed by atoms with van der Waals surface area (Å²) in [6.07, 6.45) is 1.57. The van der Waals surface area contributed by atoms with E-state index in [1.807, 2.05) is 11.5 Å². The molecule has 33 heavy (non-hydrogen) atoms. The molecule has 1 unspecified atom stereocenters. The van der Waals surface area contributed by atoms with Gasteiger partial charge in [-0.2, -0.15) is 4.98 Å². The summed E-state index contributed by atoms with van der Waals surface area (Å²) in [5.74, 6) is -0.0951. The van der Waals surface area contributed by atoms with Crippen molar-refractivity contribution in [2.45, 2.75) is 72.6 Å². The van der Waals surface area contributed by atoms with Crippen molar-refractivity contribution < 1.29 is 18.7 Å². The maximum Gasteiger partial charge on any atom is 0.343 e. The molecule has 0 bridgehead atoms. The van der Waals surface area contributed by atoms with Crippen LogP contribution in [-0.4, -0.2) is 43.7 Å². The van der Waals surface area contributed by atoms with Crippen molar-refractivity contribution in [3.63, 3.8) is 0 Å². The second-order valence-corrected chi connectivity index (χ2v) is 15.6. The molecule has 2 aromatic heterocycles. The molecule has 0 spiro atoms. The van der Waals surface area contributed by atoms with Crippen LogP contribution < -0.4 is 10.2 Å². The molecule has 0 aromatic carbocycles. The summed E-state index contributed by atoms with van der Waals surface area (Å²) in [4.78, 5) is 30.5. The molecule has 0 amide bonds. The van der Waals surface area contributed by atoms with E-state index < -0.39 is 19.7 Å². The van der Waals surface area contributed by atoms with Gasteiger partial charge in [0.15, 0.2) is 8.32 Å². The molecule has 7 nitrogen and oxygen atoms in total. The Labute approximate surface area is 206 Å². The van der Waals surface area contributed by atoms with Gasteiger partial charge in [-0.05, 0) is 59.9 Å².